The van der Waals surface area contributed by atoms with Crippen molar-refractivity contribution in [1.29, 1.82) is 0 Å². The van der Waals surface area contributed by atoms with E-state index in [2.05, 4.69) is 30.4 Å². The fourth-order valence-electron chi connectivity index (χ4n) is 2.72. The van der Waals surface area contributed by atoms with Crippen molar-refractivity contribution in [1.82, 2.24) is 0 Å². The molecule has 76 valence electrons. The molecular formula is C14H16Hf. The molecular weight excluding hydrogens is 347 g/mol. The average Bonchev–Trinajstić information content (AvgIpc) is 2.89. The molecule has 3 aliphatic rings. The van der Waals surface area contributed by atoms with Gasteiger partial charge < -0.3 is 0 Å². The molecule has 0 nitrogen and oxygen atoms in total. The summed E-state index contributed by atoms with van der Waals surface area (Å²) < 4.78 is 2.75. The Bertz CT molecular complexity index is 382. The normalized spacial score (nSPS) is 28.3. The first-order valence-electron chi connectivity index (χ1n) is 5.96. The van der Waals surface area contributed by atoms with E-state index in [0.29, 0.717) is 0 Å². The van der Waals surface area contributed by atoms with E-state index in [-0.39, 0.29) is 0 Å². The zero-order chi connectivity index (χ0) is 10.1. The topological polar surface area (TPSA) is 0 Å². The summed E-state index contributed by atoms with van der Waals surface area (Å²) in [6.07, 6.45) is 18.8. The zero-order valence-corrected chi connectivity index (χ0v) is 12.6. The Morgan fingerprint density at radius 1 is 1.20 bits per heavy atom. The van der Waals surface area contributed by atoms with Crippen molar-refractivity contribution < 1.29 is 22.9 Å². The summed E-state index contributed by atoms with van der Waals surface area (Å²) in [7, 11) is 0. The molecule has 0 N–H and O–H groups in total. The molecule has 0 saturated heterocycles. The Hall–Kier alpha value is -0.170. The molecule has 0 aromatic rings. The van der Waals surface area contributed by atoms with Crippen LogP contribution in [0.2, 0.25) is 3.67 Å². The minimum atomic E-state index is -0.573. The molecule has 3 aliphatic carbocycles. The van der Waals surface area contributed by atoms with Crippen LogP contribution < -0.4 is 0 Å². The molecule has 0 aliphatic heterocycles. The van der Waals surface area contributed by atoms with E-state index in [0.717, 1.165) is 3.67 Å². The van der Waals surface area contributed by atoms with Gasteiger partial charge in [-0.2, -0.15) is 0 Å². The Morgan fingerprint density at radius 3 is 3.00 bits per heavy atom. The number of allylic oxidation sites excluding steroid dienone is 8. The molecule has 3 rings (SSSR count). The molecule has 0 saturated carbocycles. The predicted molar refractivity (Wildman–Crippen MR) is 60.2 cm³/mol. The molecule has 0 fully saturated rings. The Morgan fingerprint density at radius 2 is 2.13 bits per heavy atom. The molecule has 1 heteroatoms. The Kier molecular flexibility index (Phi) is 2.92. The second-order valence-corrected chi connectivity index (χ2v) is 10.1. The van der Waals surface area contributed by atoms with Crippen LogP contribution in [0.15, 0.2) is 44.9 Å². The zero-order valence-electron chi connectivity index (χ0n) is 9.00. The summed E-state index contributed by atoms with van der Waals surface area (Å²) in [6.45, 7) is 0. The standard InChI is InChI=1S/C9H11.C5H5.Hf/c1-2-5-9-7-3-6-8(9)4-1;1-2-4-5-3-1;/h3,6-7H,1-2,4-5H2;1-3H,4H2;. The van der Waals surface area contributed by atoms with Gasteiger partial charge >= 0.3 is 104 Å². The van der Waals surface area contributed by atoms with Gasteiger partial charge in [-0.3, -0.25) is 0 Å². The Labute approximate surface area is 103 Å². The van der Waals surface area contributed by atoms with E-state index in [9.17, 15) is 0 Å². The van der Waals surface area contributed by atoms with Gasteiger partial charge in [0.25, 0.3) is 0 Å². The SMILES string of the molecule is C1=CC[C]([Hf][CH]2C=CC3=C2CCCC3)=C1. The fourth-order valence-corrected chi connectivity index (χ4v) is 8.19. The summed E-state index contributed by atoms with van der Waals surface area (Å²) in [5.74, 6) is 0. The first-order chi connectivity index (χ1) is 7.43. The van der Waals surface area contributed by atoms with Crippen molar-refractivity contribution in [2.75, 3.05) is 0 Å². The molecule has 1 unspecified atom stereocenters. The van der Waals surface area contributed by atoms with Crippen LogP contribution >= 0.6 is 0 Å². The molecule has 1 atom stereocenters. The van der Waals surface area contributed by atoms with Crippen LogP contribution in [0.5, 0.6) is 0 Å². The summed E-state index contributed by atoms with van der Waals surface area (Å²) in [5.41, 5.74) is 3.56. The van der Waals surface area contributed by atoms with Crippen molar-refractivity contribution >= 4 is 0 Å². The van der Waals surface area contributed by atoms with Gasteiger partial charge in [0.2, 0.25) is 0 Å². The minimum absolute atomic E-state index is 0.573. The van der Waals surface area contributed by atoms with Crippen LogP contribution in [-0.2, 0) is 22.9 Å². The van der Waals surface area contributed by atoms with E-state index in [1.165, 1.54) is 32.1 Å². The maximum absolute atomic E-state index is 2.53. The second-order valence-electron chi connectivity index (χ2n) is 4.56. The molecule has 0 aromatic heterocycles. The first-order valence-corrected chi connectivity index (χ1v) is 9.83. The summed E-state index contributed by atoms with van der Waals surface area (Å²) in [4.78, 5) is 0. The van der Waals surface area contributed by atoms with Gasteiger partial charge in [0.05, 0.1) is 0 Å². The van der Waals surface area contributed by atoms with E-state index >= 15 is 0 Å². The van der Waals surface area contributed by atoms with Gasteiger partial charge in [-0.25, -0.2) is 0 Å². The second kappa shape index (κ2) is 4.37. The molecule has 15 heavy (non-hydrogen) atoms. The van der Waals surface area contributed by atoms with E-state index in [1.807, 2.05) is 8.90 Å². The van der Waals surface area contributed by atoms with Crippen LogP contribution in [0.4, 0.5) is 0 Å². The van der Waals surface area contributed by atoms with Crippen LogP contribution in [0.25, 0.3) is 0 Å². The van der Waals surface area contributed by atoms with Crippen molar-refractivity contribution in [3.63, 3.8) is 0 Å². The summed E-state index contributed by atoms with van der Waals surface area (Å²) in [6, 6.07) is 0. The van der Waals surface area contributed by atoms with Gasteiger partial charge in [0, 0.05) is 0 Å². The maximum atomic E-state index is 2.53. The molecule has 0 heterocycles. The van der Waals surface area contributed by atoms with Crippen molar-refractivity contribution in [2.24, 2.45) is 0 Å². The summed E-state index contributed by atoms with van der Waals surface area (Å²) in [5, 5.41) is 0. The number of rotatable bonds is 2. The summed E-state index contributed by atoms with van der Waals surface area (Å²) >= 11 is -0.573. The number of hydrogen-bond acceptors (Lipinski definition) is 0. The Balaban J connectivity index is 1.72. The molecule has 0 bridgehead atoms. The first kappa shape index (κ1) is 10.0. The van der Waals surface area contributed by atoms with E-state index < -0.39 is 22.9 Å². The van der Waals surface area contributed by atoms with Crippen molar-refractivity contribution in [3.8, 4) is 0 Å². The predicted octanol–water partition coefficient (Wildman–Crippen LogP) is 4.14. The third-order valence-corrected chi connectivity index (χ3v) is 9.26. The van der Waals surface area contributed by atoms with E-state index in [4.69, 9.17) is 0 Å². The fraction of sp³-hybridized carbons (Fsp3) is 0.429. The van der Waals surface area contributed by atoms with Crippen LogP contribution in [0.3, 0.4) is 0 Å². The quantitative estimate of drug-likeness (QED) is 0.648. The third kappa shape index (κ3) is 2.04. The van der Waals surface area contributed by atoms with E-state index in [1.54, 1.807) is 5.57 Å². The van der Waals surface area contributed by atoms with Crippen LogP contribution in [0, 0.1) is 0 Å². The van der Waals surface area contributed by atoms with Crippen molar-refractivity contribution in [3.05, 3.63) is 44.9 Å². The van der Waals surface area contributed by atoms with Gasteiger partial charge in [-0.05, 0) is 0 Å². The average molecular weight is 363 g/mol. The molecule has 0 aromatic carbocycles. The number of hydrogen-bond donors (Lipinski definition) is 0. The van der Waals surface area contributed by atoms with Gasteiger partial charge in [0.15, 0.2) is 0 Å². The van der Waals surface area contributed by atoms with Crippen LogP contribution in [-0.4, -0.2) is 0 Å². The molecule has 0 spiro atoms. The van der Waals surface area contributed by atoms with Gasteiger partial charge in [-0.15, -0.1) is 0 Å². The van der Waals surface area contributed by atoms with Crippen molar-refractivity contribution in [2.45, 2.75) is 35.8 Å². The van der Waals surface area contributed by atoms with Gasteiger partial charge in [-0.1, -0.05) is 0 Å². The van der Waals surface area contributed by atoms with Crippen LogP contribution in [0.1, 0.15) is 32.1 Å². The van der Waals surface area contributed by atoms with Gasteiger partial charge in [0.1, 0.15) is 0 Å². The third-order valence-electron chi connectivity index (χ3n) is 3.53. The molecule has 0 radical (unpaired) electrons. The molecule has 0 amide bonds. The monoisotopic (exact) mass is 364 g/mol.